The average molecular weight is 463 g/mol. The molecular weight excluding hydrogens is 422 g/mol. The first kappa shape index (κ1) is 27.7. The maximum Gasteiger partial charge on any atom is 0.333 e. The van der Waals surface area contributed by atoms with Crippen molar-refractivity contribution in [2.45, 2.75) is 78.3 Å². The van der Waals surface area contributed by atoms with Crippen molar-refractivity contribution in [1.29, 1.82) is 0 Å². The average Bonchev–Trinajstić information content (AvgIpc) is 2.53. The van der Waals surface area contributed by atoms with Gasteiger partial charge in [-0.25, -0.2) is 0 Å². The summed E-state index contributed by atoms with van der Waals surface area (Å²) in [5.74, 6) is 0. The van der Waals surface area contributed by atoms with Gasteiger partial charge in [0.25, 0.3) is 0 Å². The van der Waals surface area contributed by atoms with E-state index in [-0.39, 0.29) is 10.6 Å². The molecule has 7 nitrogen and oxygen atoms in total. The van der Waals surface area contributed by atoms with Crippen molar-refractivity contribution in [2.75, 3.05) is 26.4 Å². The Hall–Kier alpha value is 0.694. The highest BCUT2D eigenvalue weighted by molar-refractivity contribution is 7.58. The molecule has 0 aliphatic carbocycles. The Bertz CT molecular complexity index is 477. The summed E-state index contributed by atoms with van der Waals surface area (Å²) in [6.07, 6.45) is 0. The third-order valence-electron chi connectivity index (χ3n) is 4.72. The third kappa shape index (κ3) is 7.47. The van der Waals surface area contributed by atoms with Gasteiger partial charge in [0.1, 0.15) is 0 Å². The van der Waals surface area contributed by atoms with Gasteiger partial charge in [0.15, 0.2) is 16.6 Å². The van der Waals surface area contributed by atoms with Crippen LogP contribution in [0.1, 0.15) is 41.5 Å². The minimum atomic E-state index is -3.29. The lowest BCUT2D eigenvalue weighted by atomic mass is 10.9. The Morgan fingerprint density at radius 3 is 1.04 bits per heavy atom. The van der Waals surface area contributed by atoms with Gasteiger partial charge in [0.2, 0.25) is 0 Å². The summed E-state index contributed by atoms with van der Waals surface area (Å²) in [5.41, 5.74) is 0. The Morgan fingerprint density at radius 2 is 0.852 bits per heavy atom. The topological polar surface area (TPSA) is 80.3 Å². The largest absolute Gasteiger partial charge is 0.454 e. The quantitative estimate of drug-likeness (QED) is 0.238. The van der Waals surface area contributed by atoms with Gasteiger partial charge in [-0.15, -0.1) is 0 Å². The number of hydrogen-bond donors (Lipinski definition) is 0. The van der Waals surface area contributed by atoms with Crippen LogP contribution in [0.2, 0.25) is 26.2 Å². The van der Waals surface area contributed by atoms with Gasteiger partial charge in [-0.3, -0.25) is 9.13 Å². The van der Waals surface area contributed by atoms with E-state index in [4.69, 9.17) is 22.2 Å². The molecule has 27 heavy (non-hydrogen) atoms. The van der Waals surface area contributed by atoms with Gasteiger partial charge in [0, 0.05) is 0 Å². The van der Waals surface area contributed by atoms with E-state index in [1.165, 1.54) is 0 Å². The summed E-state index contributed by atoms with van der Waals surface area (Å²) >= 11 is 0. The highest BCUT2D eigenvalue weighted by atomic mass is 31.2. The maximum atomic E-state index is 13.2. The van der Waals surface area contributed by atoms with Crippen LogP contribution in [-0.2, 0) is 31.3 Å². The van der Waals surface area contributed by atoms with Gasteiger partial charge in [-0.1, -0.05) is 13.8 Å². The second kappa shape index (κ2) is 11.2. The molecule has 0 bridgehead atoms. The molecule has 2 unspecified atom stereocenters. The van der Waals surface area contributed by atoms with E-state index >= 15 is 0 Å². The molecule has 0 fully saturated rings. The van der Waals surface area contributed by atoms with Crippen LogP contribution in [0.15, 0.2) is 0 Å². The van der Waals surface area contributed by atoms with E-state index in [1.807, 2.05) is 40.0 Å². The standard InChI is InChI=1S/C16H40O7P2Si2/c1-11-19-24(17,20-12-2)15(5)26(7,8)23-27(9,10)16(6)25(18,21-13-3)22-14-4/h15-16H,11-14H2,1-10H3. The molecule has 2 atom stereocenters. The van der Waals surface area contributed by atoms with Crippen LogP contribution in [-0.4, -0.2) is 53.6 Å². The molecule has 0 radical (unpaired) electrons. The van der Waals surface area contributed by atoms with Gasteiger partial charge in [-0.05, 0) is 53.9 Å². The summed E-state index contributed by atoms with van der Waals surface area (Å²) in [5, 5.41) is -0.718. The fourth-order valence-electron chi connectivity index (χ4n) is 2.85. The van der Waals surface area contributed by atoms with Crippen LogP contribution in [0.5, 0.6) is 0 Å². The maximum absolute atomic E-state index is 13.2. The number of hydrogen-bond acceptors (Lipinski definition) is 7. The highest BCUT2D eigenvalue weighted by Crippen LogP contribution is 2.58. The molecule has 0 amide bonds. The molecule has 0 aromatic rings. The van der Waals surface area contributed by atoms with Crippen molar-refractivity contribution >= 4 is 31.8 Å². The lowest BCUT2D eigenvalue weighted by Crippen LogP contribution is -2.56. The molecular formula is C16H40O7P2Si2. The first-order chi connectivity index (χ1) is 12.3. The van der Waals surface area contributed by atoms with E-state index < -0.39 is 31.8 Å². The lowest BCUT2D eigenvalue weighted by Gasteiger charge is -2.42. The van der Waals surface area contributed by atoms with Crippen molar-refractivity contribution in [2.24, 2.45) is 0 Å². The van der Waals surface area contributed by atoms with Crippen molar-refractivity contribution in [1.82, 2.24) is 0 Å². The fourth-order valence-corrected chi connectivity index (χ4v) is 20.1. The Morgan fingerprint density at radius 1 is 0.630 bits per heavy atom. The van der Waals surface area contributed by atoms with Crippen LogP contribution in [0.3, 0.4) is 0 Å². The minimum Gasteiger partial charge on any atom is -0.454 e. The molecule has 0 aliphatic heterocycles. The van der Waals surface area contributed by atoms with Crippen molar-refractivity contribution < 1.29 is 31.3 Å². The SMILES string of the molecule is CCOP(=O)(OCC)C(C)[Si](C)(C)O[Si](C)(C)C(C)P(=O)(OCC)OCC. The summed E-state index contributed by atoms with van der Waals surface area (Å²) in [6, 6.07) is 0. The van der Waals surface area contributed by atoms with Crippen molar-refractivity contribution in [3.8, 4) is 0 Å². The molecule has 0 aliphatic rings. The molecule has 0 heterocycles. The second-order valence-electron chi connectivity index (χ2n) is 7.41. The normalized spacial score (nSPS) is 16.4. The fraction of sp³-hybridized carbons (Fsp3) is 1.00. The Kier molecular flexibility index (Phi) is 11.5. The first-order valence-corrected chi connectivity index (χ1v) is 18.9. The summed E-state index contributed by atoms with van der Waals surface area (Å²) in [7, 11) is -11.6. The van der Waals surface area contributed by atoms with Gasteiger partial charge >= 0.3 is 15.2 Å². The zero-order valence-corrected chi connectivity index (χ0v) is 22.5. The van der Waals surface area contributed by atoms with Crippen molar-refractivity contribution in [3.63, 3.8) is 0 Å². The van der Waals surface area contributed by atoms with Gasteiger partial charge in [-0.2, -0.15) is 0 Å². The summed E-state index contributed by atoms with van der Waals surface area (Å²) < 4.78 is 55.3. The second-order valence-corrected chi connectivity index (χ2v) is 22.1. The van der Waals surface area contributed by atoms with E-state index in [0.29, 0.717) is 26.4 Å². The van der Waals surface area contributed by atoms with Crippen LogP contribution < -0.4 is 0 Å². The molecule has 11 heteroatoms. The van der Waals surface area contributed by atoms with Crippen molar-refractivity contribution in [3.05, 3.63) is 0 Å². The molecule has 0 saturated carbocycles. The van der Waals surface area contributed by atoms with E-state index in [1.54, 1.807) is 27.7 Å². The molecule has 0 spiro atoms. The first-order valence-electron chi connectivity index (χ1n) is 9.74. The summed E-state index contributed by atoms with van der Waals surface area (Å²) in [6.45, 7) is 20.2. The minimum absolute atomic E-state index is 0.313. The van der Waals surface area contributed by atoms with Crippen LogP contribution in [0, 0.1) is 0 Å². The Balaban J connectivity index is 5.66. The Labute approximate surface area is 168 Å². The van der Waals surface area contributed by atoms with E-state index in [9.17, 15) is 9.13 Å². The lowest BCUT2D eigenvalue weighted by molar-refractivity contribution is 0.216. The van der Waals surface area contributed by atoms with E-state index in [2.05, 4.69) is 0 Å². The molecule has 0 rings (SSSR count). The van der Waals surface area contributed by atoms with Gasteiger partial charge in [0.05, 0.1) is 37.0 Å². The third-order valence-corrected chi connectivity index (χ3v) is 23.0. The zero-order chi connectivity index (χ0) is 21.5. The van der Waals surface area contributed by atoms with E-state index in [0.717, 1.165) is 0 Å². The van der Waals surface area contributed by atoms with Gasteiger partial charge < -0.3 is 22.2 Å². The predicted molar refractivity (Wildman–Crippen MR) is 117 cm³/mol. The highest BCUT2D eigenvalue weighted by Gasteiger charge is 2.52. The number of rotatable bonds is 14. The molecule has 0 aromatic carbocycles. The molecule has 0 saturated heterocycles. The smallest absolute Gasteiger partial charge is 0.333 e. The zero-order valence-electron chi connectivity index (χ0n) is 18.7. The van der Waals surface area contributed by atoms with Crippen LogP contribution in [0.25, 0.3) is 0 Å². The molecule has 0 aromatic heterocycles. The van der Waals surface area contributed by atoms with Crippen LogP contribution in [0.4, 0.5) is 0 Å². The van der Waals surface area contributed by atoms with Crippen LogP contribution >= 0.6 is 15.2 Å². The molecule has 0 N–H and O–H groups in total. The molecule has 164 valence electrons. The summed E-state index contributed by atoms with van der Waals surface area (Å²) in [4.78, 5) is 0. The monoisotopic (exact) mass is 462 g/mol. The predicted octanol–water partition coefficient (Wildman–Crippen LogP) is 5.80.